The lowest BCUT2D eigenvalue weighted by Gasteiger charge is -2.09. The van der Waals surface area contributed by atoms with Crippen LogP contribution in [-0.2, 0) is 22.1 Å². The summed E-state index contributed by atoms with van der Waals surface area (Å²) in [6.45, 7) is 1.64. The summed E-state index contributed by atoms with van der Waals surface area (Å²) in [4.78, 5) is 14.1. The number of aromatic hydroxyl groups is 1. The quantitative estimate of drug-likeness (QED) is 0.835. The number of methoxy groups -OCH3 is 1. The fraction of sp³-hybridized carbons (Fsp3) is 0.308. The number of nitrogens with one attached hydrogen (secondary N) is 1. The fourth-order valence-electron chi connectivity index (χ4n) is 2.09. The number of H-pyrrole nitrogens is 1. The van der Waals surface area contributed by atoms with Crippen molar-refractivity contribution in [3.63, 3.8) is 0 Å². The van der Waals surface area contributed by atoms with E-state index in [1.165, 1.54) is 7.11 Å². The van der Waals surface area contributed by atoms with Gasteiger partial charge < -0.3 is 14.8 Å². The normalized spacial score (nSPS) is 11.8. The summed E-state index contributed by atoms with van der Waals surface area (Å²) in [5, 5.41) is 9.89. The van der Waals surface area contributed by atoms with Crippen molar-refractivity contribution in [1.82, 2.24) is 4.98 Å². The van der Waals surface area contributed by atoms with Gasteiger partial charge in [0.2, 0.25) is 0 Å². The summed E-state index contributed by atoms with van der Waals surface area (Å²) >= 11 is 0. The molecule has 20 heavy (non-hydrogen) atoms. The average Bonchev–Trinajstić information content (AvgIpc) is 2.63. The van der Waals surface area contributed by atoms with Crippen LogP contribution >= 0.6 is 0 Å². The minimum atomic E-state index is -4.64. The van der Waals surface area contributed by atoms with Gasteiger partial charge >= 0.3 is 12.1 Å². The van der Waals surface area contributed by atoms with Gasteiger partial charge in [-0.3, -0.25) is 4.79 Å². The lowest BCUT2D eigenvalue weighted by molar-refractivity contribution is -0.140. The first kappa shape index (κ1) is 14.2. The third kappa shape index (κ3) is 2.43. The Bertz CT molecular complexity index is 674. The molecule has 0 aliphatic carbocycles. The van der Waals surface area contributed by atoms with Gasteiger partial charge in [0, 0.05) is 16.6 Å². The highest BCUT2D eigenvalue weighted by Crippen LogP contribution is 2.39. The zero-order chi connectivity index (χ0) is 15.1. The van der Waals surface area contributed by atoms with Crippen LogP contribution in [0.25, 0.3) is 10.9 Å². The molecule has 0 atom stereocenters. The molecule has 2 rings (SSSR count). The molecule has 0 saturated carbocycles. The van der Waals surface area contributed by atoms with Crippen molar-refractivity contribution in [3.05, 3.63) is 29.0 Å². The number of hydrogen-bond donors (Lipinski definition) is 2. The van der Waals surface area contributed by atoms with Crippen molar-refractivity contribution in [1.29, 1.82) is 0 Å². The topological polar surface area (TPSA) is 62.3 Å². The summed E-state index contributed by atoms with van der Waals surface area (Å²) in [5.74, 6) is -1.37. The maximum absolute atomic E-state index is 12.7. The Hall–Kier alpha value is -2.18. The minimum Gasteiger partial charge on any atom is -0.507 e. The maximum Gasteiger partial charge on any atom is 0.420 e. The number of ether oxygens (including phenoxy) is 1. The number of phenols is 1. The van der Waals surface area contributed by atoms with E-state index in [2.05, 4.69) is 9.72 Å². The van der Waals surface area contributed by atoms with Gasteiger partial charge in [-0.25, -0.2) is 0 Å². The fourth-order valence-corrected chi connectivity index (χ4v) is 2.09. The molecule has 0 radical (unpaired) electrons. The van der Waals surface area contributed by atoms with E-state index < -0.39 is 23.5 Å². The van der Waals surface area contributed by atoms with Crippen molar-refractivity contribution < 1.29 is 27.8 Å². The van der Waals surface area contributed by atoms with Gasteiger partial charge in [-0.15, -0.1) is 0 Å². The predicted octanol–water partition coefficient (Wildman–Crippen LogP) is 2.92. The largest absolute Gasteiger partial charge is 0.507 e. The number of rotatable bonds is 2. The number of aromatic nitrogens is 1. The lowest BCUT2D eigenvalue weighted by atomic mass is 10.0. The van der Waals surface area contributed by atoms with E-state index in [0.717, 1.165) is 12.1 Å². The number of aromatic amines is 1. The smallest absolute Gasteiger partial charge is 0.420 e. The number of fused-ring (bicyclic) bond motifs is 1. The van der Waals surface area contributed by atoms with Crippen LogP contribution in [0.3, 0.4) is 0 Å². The first-order valence-electron chi connectivity index (χ1n) is 5.72. The van der Waals surface area contributed by atoms with E-state index in [0.29, 0.717) is 16.6 Å². The third-order valence-electron chi connectivity index (χ3n) is 3.09. The zero-order valence-electron chi connectivity index (χ0n) is 10.8. The van der Waals surface area contributed by atoms with Gasteiger partial charge in [-0.05, 0) is 24.6 Å². The molecule has 0 amide bonds. The molecule has 0 fully saturated rings. The number of aryl methyl sites for hydroxylation is 1. The molecule has 1 aromatic heterocycles. The summed E-state index contributed by atoms with van der Waals surface area (Å²) in [7, 11) is 1.23. The number of halogens is 3. The molecule has 0 spiro atoms. The Balaban J connectivity index is 2.61. The number of esters is 1. The van der Waals surface area contributed by atoms with Crippen LogP contribution in [-0.4, -0.2) is 23.2 Å². The van der Waals surface area contributed by atoms with Crippen LogP contribution in [0, 0.1) is 6.92 Å². The summed E-state index contributed by atoms with van der Waals surface area (Å²) in [5.41, 5.74) is 0.169. The monoisotopic (exact) mass is 287 g/mol. The Morgan fingerprint density at radius 2 is 2.05 bits per heavy atom. The number of carbonyl (C=O) groups is 1. The Kier molecular flexibility index (Phi) is 3.37. The van der Waals surface area contributed by atoms with Crippen LogP contribution < -0.4 is 0 Å². The van der Waals surface area contributed by atoms with Gasteiger partial charge in [-0.2, -0.15) is 13.2 Å². The maximum atomic E-state index is 12.7. The highest BCUT2D eigenvalue weighted by atomic mass is 19.4. The molecule has 0 aliphatic heterocycles. The first-order chi connectivity index (χ1) is 9.24. The third-order valence-corrected chi connectivity index (χ3v) is 3.09. The minimum absolute atomic E-state index is 0.0763. The van der Waals surface area contributed by atoms with Crippen LogP contribution in [0.5, 0.6) is 5.75 Å². The predicted molar refractivity (Wildman–Crippen MR) is 65.4 cm³/mol. The first-order valence-corrected chi connectivity index (χ1v) is 5.72. The molecule has 2 N–H and O–H groups in total. The molecular weight excluding hydrogens is 275 g/mol. The molecule has 1 heterocycles. The van der Waals surface area contributed by atoms with E-state index in [9.17, 15) is 23.1 Å². The van der Waals surface area contributed by atoms with E-state index >= 15 is 0 Å². The van der Waals surface area contributed by atoms with Crippen molar-refractivity contribution in [3.8, 4) is 5.75 Å². The summed E-state index contributed by atoms with van der Waals surface area (Å²) < 4.78 is 42.6. The zero-order valence-corrected chi connectivity index (χ0v) is 10.8. The SMILES string of the molecule is COC(=O)Cc1c(C)[nH]c2cc(C(F)(F)F)c(O)cc12. The second-order valence-corrected chi connectivity index (χ2v) is 4.39. The number of benzene rings is 1. The Labute approximate surface area is 112 Å². The van der Waals surface area contributed by atoms with Crippen molar-refractivity contribution >= 4 is 16.9 Å². The molecule has 1 aromatic carbocycles. The number of hydrogen-bond acceptors (Lipinski definition) is 3. The van der Waals surface area contributed by atoms with Crippen molar-refractivity contribution in [2.45, 2.75) is 19.5 Å². The highest BCUT2D eigenvalue weighted by molar-refractivity contribution is 5.90. The molecular formula is C13H12F3NO3. The second-order valence-electron chi connectivity index (χ2n) is 4.39. The van der Waals surface area contributed by atoms with Crippen LogP contribution in [0.4, 0.5) is 13.2 Å². The van der Waals surface area contributed by atoms with Crippen molar-refractivity contribution in [2.24, 2.45) is 0 Å². The average molecular weight is 287 g/mol. The molecule has 4 nitrogen and oxygen atoms in total. The molecule has 2 aromatic rings. The molecule has 108 valence electrons. The van der Waals surface area contributed by atoms with Gasteiger partial charge in [0.05, 0.1) is 19.1 Å². The van der Waals surface area contributed by atoms with E-state index in [1.54, 1.807) is 6.92 Å². The van der Waals surface area contributed by atoms with E-state index in [1.807, 2.05) is 0 Å². The summed E-state index contributed by atoms with van der Waals surface area (Å²) in [6.07, 6.45) is -4.72. The molecule has 7 heteroatoms. The molecule has 0 saturated heterocycles. The van der Waals surface area contributed by atoms with E-state index in [-0.39, 0.29) is 11.9 Å². The molecule has 0 aliphatic rings. The standard InChI is InChI=1S/C13H12F3NO3/c1-6-7(4-12(19)20-2)8-3-11(18)9(13(14,15)16)5-10(8)17-6/h3,5,17-18H,4H2,1-2H3. The highest BCUT2D eigenvalue weighted by Gasteiger charge is 2.34. The Morgan fingerprint density at radius 1 is 1.40 bits per heavy atom. The number of phenolic OH excluding ortho intramolecular Hbond substituents is 1. The Morgan fingerprint density at radius 3 is 2.60 bits per heavy atom. The van der Waals surface area contributed by atoms with Crippen LogP contribution in [0.2, 0.25) is 0 Å². The second kappa shape index (κ2) is 4.73. The lowest BCUT2D eigenvalue weighted by Crippen LogP contribution is -2.06. The van der Waals surface area contributed by atoms with Crippen LogP contribution in [0.15, 0.2) is 12.1 Å². The molecule has 0 unspecified atom stereocenters. The van der Waals surface area contributed by atoms with Crippen LogP contribution in [0.1, 0.15) is 16.8 Å². The molecule has 0 bridgehead atoms. The van der Waals surface area contributed by atoms with Crippen molar-refractivity contribution in [2.75, 3.05) is 7.11 Å². The van der Waals surface area contributed by atoms with Gasteiger partial charge in [0.1, 0.15) is 5.75 Å². The number of carbonyl (C=O) groups excluding carboxylic acids is 1. The van der Waals surface area contributed by atoms with Gasteiger partial charge in [0.25, 0.3) is 0 Å². The van der Waals surface area contributed by atoms with E-state index in [4.69, 9.17) is 0 Å². The van der Waals surface area contributed by atoms with Gasteiger partial charge in [0.15, 0.2) is 0 Å². The summed E-state index contributed by atoms with van der Waals surface area (Å²) in [6, 6.07) is 1.85. The van der Waals surface area contributed by atoms with Gasteiger partial charge in [-0.1, -0.05) is 0 Å². The number of alkyl halides is 3.